The van der Waals surface area contributed by atoms with Crippen LogP contribution in [0.1, 0.15) is 20.8 Å². The number of amides is 1. The minimum Gasteiger partial charge on any atom is -0.368 e. The molecule has 1 rings (SSSR count). The Morgan fingerprint density at radius 3 is 2.46 bits per heavy atom. The van der Waals surface area contributed by atoms with Crippen molar-refractivity contribution in [2.24, 2.45) is 5.92 Å². The number of carbonyl (C=O) groups excluding carboxylic acids is 1. The maximum absolute atomic E-state index is 10.8. The van der Waals surface area contributed by atoms with Crippen molar-refractivity contribution >= 4 is 6.41 Å². The van der Waals surface area contributed by atoms with Crippen LogP contribution in [0.5, 0.6) is 0 Å². The van der Waals surface area contributed by atoms with Crippen molar-refractivity contribution in [1.29, 1.82) is 0 Å². The molecule has 0 radical (unpaired) electrons. The summed E-state index contributed by atoms with van der Waals surface area (Å²) in [7, 11) is 1.98. The first-order valence-electron chi connectivity index (χ1n) is 4.71. The highest BCUT2D eigenvalue weighted by Crippen LogP contribution is 2.29. The van der Waals surface area contributed by atoms with E-state index in [1.807, 2.05) is 14.0 Å². The number of aliphatic hydroxyl groups excluding tert-OH is 1. The van der Waals surface area contributed by atoms with Crippen molar-refractivity contribution < 1.29 is 14.5 Å². The van der Waals surface area contributed by atoms with Gasteiger partial charge >= 0.3 is 0 Å². The van der Waals surface area contributed by atoms with E-state index in [9.17, 15) is 9.90 Å². The highest BCUT2D eigenvalue weighted by molar-refractivity contribution is 5.45. The summed E-state index contributed by atoms with van der Waals surface area (Å²) in [5, 5.41) is 11.2. The number of carbonyl (C=O) groups is 1. The van der Waals surface area contributed by atoms with Crippen molar-refractivity contribution in [3.05, 3.63) is 0 Å². The molecule has 4 heteroatoms. The summed E-state index contributed by atoms with van der Waals surface area (Å²) in [5.74, 6) is 0.151. The average molecular weight is 187 g/mol. The molecule has 0 aromatic heterocycles. The average Bonchev–Trinajstić information content (AvgIpc) is 2.25. The Balaban J connectivity index is 2.93. The Morgan fingerprint density at radius 1 is 1.62 bits per heavy atom. The highest BCUT2D eigenvalue weighted by Gasteiger charge is 2.48. The molecule has 1 fully saturated rings. The lowest BCUT2D eigenvalue weighted by molar-refractivity contribution is -1.01. The van der Waals surface area contributed by atoms with Gasteiger partial charge in [0.2, 0.25) is 0 Å². The molecule has 1 saturated heterocycles. The van der Waals surface area contributed by atoms with E-state index in [4.69, 9.17) is 0 Å². The fourth-order valence-corrected chi connectivity index (χ4v) is 1.95. The zero-order valence-electron chi connectivity index (χ0n) is 8.77. The van der Waals surface area contributed by atoms with Crippen LogP contribution in [-0.4, -0.2) is 47.0 Å². The van der Waals surface area contributed by atoms with Gasteiger partial charge < -0.3 is 5.11 Å². The van der Waals surface area contributed by atoms with E-state index in [1.54, 1.807) is 0 Å². The number of nitrogens with zero attached hydrogens (tertiary/aromatic N) is 2. The molecule has 0 aromatic carbocycles. The number of rotatable bonds is 2. The van der Waals surface area contributed by atoms with Gasteiger partial charge in [0.1, 0.15) is 12.6 Å². The van der Waals surface area contributed by atoms with E-state index in [0.717, 1.165) is 13.0 Å². The fourth-order valence-electron chi connectivity index (χ4n) is 1.95. The van der Waals surface area contributed by atoms with E-state index in [1.165, 1.54) is 5.01 Å². The van der Waals surface area contributed by atoms with Crippen LogP contribution >= 0.6 is 0 Å². The van der Waals surface area contributed by atoms with Crippen molar-refractivity contribution in [2.45, 2.75) is 33.0 Å². The van der Waals surface area contributed by atoms with Crippen LogP contribution in [0.15, 0.2) is 0 Å². The standard InChI is InChI=1S/C9H19N2O2/c1-7(2)11(4)5-8(3)9(13)10(11)6-12/h6-9,13H,5H2,1-4H3/q+1/t8-,9-,11?/m1/s1. The Labute approximate surface area is 79.3 Å². The maximum atomic E-state index is 10.8. The molecule has 1 aliphatic rings. The van der Waals surface area contributed by atoms with E-state index >= 15 is 0 Å². The second-order valence-corrected chi connectivity index (χ2v) is 4.37. The first kappa shape index (κ1) is 10.5. The number of hydrogen-bond donors (Lipinski definition) is 1. The third kappa shape index (κ3) is 1.44. The molecule has 0 spiro atoms. The lowest BCUT2D eigenvalue weighted by Gasteiger charge is -2.38. The summed E-state index contributed by atoms with van der Waals surface area (Å²) in [5.41, 5.74) is 0. The van der Waals surface area contributed by atoms with Gasteiger partial charge in [-0.25, -0.2) is 4.59 Å². The predicted molar refractivity (Wildman–Crippen MR) is 49.3 cm³/mol. The first-order valence-corrected chi connectivity index (χ1v) is 4.71. The molecule has 76 valence electrons. The molecule has 1 unspecified atom stereocenters. The van der Waals surface area contributed by atoms with Crippen LogP contribution in [0, 0.1) is 5.92 Å². The van der Waals surface area contributed by atoms with Gasteiger partial charge in [-0.3, -0.25) is 4.79 Å². The van der Waals surface area contributed by atoms with Gasteiger partial charge in [-0.05, 0) is 13.8 Å². The predicted octanol–water partition coefficient (Wildman–Crippen LogP) is 0.183. The summed E-state index contributed by atoms with van der Waals surface area (Å²) in [6.45, 7) is 6.90. The lowest BCUT2D eigenvalue weighted by atomic mass is 10.1. The highest BCUT2D eigenvalue weighted by atomic mass is 16.3. The van der Waals surface area contributed by atoms with Crippen LogP contribution in [0.25, 0.3) is 0 Å². The SMILES string of the molecule is CC(C)[N+]1(C)C[C@@H](C)[C@@H](O)N1C=O. The lowest BCUT2D eigenvalue weighted by Crippen LogP contribution is -2.58. The molecule has 3 atom stereocenters. The third-order valence-corrected chi connectivity index (χ3v) is 3.19. The molecular formula is C9H19N2O2+. The second-order valence-electron chi connectivity index (χ2n) is 4.37. The molecule has 0 aliphatic carbocycles. The van der Waals surface area contributed by atoms with Gasteiger partial charge in [0.25, 0.3) is 6.41 Å². The minimum absolute atomic E-state index is 0.151. The summed E-state index contributed by atoms with van der Waals surface area (Å²) < 4.78 is 0.506. The zero-order valence-corrected chi connectivity index (χ0v) is 8.77. The molecule has 0 saturated carbocycles. The van der Waals surface area contributed by atoms with E-state index in [2.05, 4.69) is 13.8 Å². The van der Waals surface area contributed by atoms with Crippen molar-refractivity contribution in [3.63, 3.8) is 0 Å². The minimum atomic E-state index is -0.634. The zero-order chi connectivity index (χ0) is 10.2. The maximum Gasteiger partial charge on any atom is 0.258 e. The first-order chi connectivity index (χ1) is 5.93. The van der Waals surface area contributed by atoms with Crippen LogP contribution < -0.4 is 0 Å². The topological polar surface area (TPSA) is 40.5 Å². The number of quaternary nitrogens is 1. The van der Waals surface area contributed by atoms with Gasteiger partial charge in [-0.2, -0.15) is 5.01 Å². The van der Waals surface area contributed by atoms with Gasteiger partial charge in [0, 0.05) is 0 Å². The summed E-state index contributed by atoms with van der Waals surface area (Å²) in [6, 6.07) is 0.310. The van der Waals surface area contributed by atoms with Gasteiger partial charge in [0.15, 0.2) is 6.23 Å². The van der Waals surface area contributed by atoms with Crippen molar-refractivity contribution in [2.75, 3.05) is 13.6 Å². The Morgan fingerprint density at radius 2 is 2.15 bits per heavy atom. The molecule has 13 heavy (non-hydrogen) atoms. The molecule has 0 aromatic rings. The van der Waals surface area contributed by atoms with Crippen LogP contribution in [0.3, 0.4) is 0 Å². The second kappa shape index (κ2) is 3.27. The fraction of sp³-hybridized carbons (Fsp3) is 0.889. The summed E-state index contributed by atoms with van der Waals surface area (Å²) in [6.07, 6.45) is 0.110. The largest absolute Gasteiger partial charge is 0.368 e. The molecule has 1 aliphatic heterocycles. The van der Waals surface area contributed by atoms with Crippen LogP contribution in [-0.2, 0) is 4.79 Å². The van der Waals surface area contributed by atoms with Crippen LogP contribution in [0.2, 0.25) is 0 Å². The Kier molecular flexibility index (Phi) is 2.63. The summed E-state index contributed by atoms with van der Waals surface area (Å²) >= 11 is 0. The molecule has 1 heterocycles. The van der Waals surface area contributed by atoms with Gasteiger partial charge in [-0.1, -0.05) is 6.92 Å². The number of aliphatic hydroxyl groups is 1. The van der Waals surface area contributed by atoms with Crippen molar-refractivity contribution in [1.82, 2.24) is 5.01 Å². The number of hydrogen-bond acceptors (Lipinski definition) is 2. The molecular weight excluding hydrogens is 168 g/mol. The Hall–Kier alpha value is -0.610. The van der Waals surface area contributed by atoms with Crippen molar-refractivity contribution in [3.8, 4) is 0 Å². The van der Waals surface area contributed by atoms with E-state index in [-0.39, 0.29) is 5.92 Å². The van der Waals surface area contributed by atoms with Crippen LogP contribution in [0.4, 0.5) is 0 Å². The molecule has 4 nitrogen and oxygen atoms in total. The van der Waals surface area contributed by atoms with Gasteiger partial charge in [0.05, 0.1) is 13.0 Å². The normalized spacial score (nSPS) is 40.0. The Bertz CT molecular complexity index is 208. The smallest absolute Gasteiger partial charge is 0.258 e. The molecule has 0 bridgehead atoms. The monoisotopic (exact) mass is 187 g/mol. The third-order valence-electron chi connectivity index (χ3n) is 3.19. The van der Waals surface area contributed by atoms with E-state index in [0.29, 0.717) is 10.6 Å². The van der Waals surface area contributed by atoms with E-state index < -0.39 is 6.23 Å². The quantitative estimate of drug-likeness (QED) is 0.495. The molecule has 1 N–H and O–H groups in total. The van der Waals surface area contributed by atoms with Gasteiger partial charge in [-0.15, -0.1) is 0 Å². The molecule has 1 amide bonds. The summed E-state index contributed by atoms with van der Waals surface area (Å²) in [4.78, 5) is 10.8.